The molecule has 0 aromatic heterocycles. The van der Waals surface area contributed by atoms with Crippen molar-refractivity contribution in [1.82, 2.24) is 15.1 Å². The molecule has 2 aromatic carbocycles. The number of carbonyl (C=O) groups excluding carboxylic acids is 3. The van der Waals surface area contributed by atoms with Gasteiger partial charge in [-0.3, -0.25) is 24.6 Å². The minimum absolute atomic E-state index is 0.00143. The Bertz CT molecular complexity index is 1400. The minimum Gasteiger partial charge on any atom is -0.489 e. The average Bonchev–Trinajstić information content (AvgIpc) is 3.02. The van der Waals surface area contributed by atoms with Crippen molar-refractivity contribution >= 4 is 23.5 Å². The zero-order valence-corrected chi connectivity index (χ0v) is 25.9. The normalized spacial score (nSPS) is 25.5. The first-order chi connectivity index (χ1) is 21.7. The Kier molecular flexibility index (Phi) is 9.07. The number of esters is 1. The van der Waals surface area contributed by atoms with Crippen LogP contribution in [0.1, 0.15) is 66.4 Å². The summed E-state index contributed by atoms with van der Waals surface area (Å²) in [5.41, 5.74) is 2.10. The third kappa shape index (κ3) is 7.30. The lowest BCUT2D eigenvalue weighted by atomic mass is 9.49. The summed E-state index contributed by atoms with van der Waals surface area (Å²) in [6.45, 7) is 2.91. The van der Waals surface area contributed by atoms with Gasteiger partial charge in [0.15, 0.2) is 0 Å². The maximum Gasteiger partial charge on any atom is 0.337 e. The highest BCUT2D eigenvalue weighted by Crippen LogP contribution is 2.61. The van der Waals surface area contributed by atoms with Gasteiger partial charge < -0.3 is 19.7 Å². The largest absolute Gasteiger partial charge is 0.489 e. The molecule has 240 valence electrons. The van der Waals surface area contributed by atoms with Gasteiger partial charge in [-0.2, -0.15) is 0 Å². The van der Waals surface area contributed by atoms with Crippen LogP contribution in [0.4, 0.5) is 5.69 Å². The second kappa shape index (κ2) is 13.2. The fourth-order valence-corrected chi connectivity index (χ4v) is 8.55. The summed E-state index contributed by atoms with van der Waals surface area (Å²) in [6, 6.07) is 11.5. The zero-order valence-electron chi connectivity index (χ0n) is 25.9. The van der Waals surface area contributed by atoms with Crippen molar-refractivity contribution in [3.05, 3.63) is 69.3 Å². The van der Waals surface area contributed by atoms with Crippen LogP contribution in [0.3, 0.4) is 0 Å². The predicted molar refractivity (Wildman–Crippen MR) is 165 cm³/mol. The number of non-ortho nitro benzene ring substituents is 1. The number of methoxy groups -OCH3 is 1. The van der Waals surface area contributed by atoms with Gasteiger partial charge in [0.1, 0.15) is 12.4 Å². The summed E-state index contributed by atoms with van der Waals surface area (Å²) >= 11 is 0. The molecule has 1 heterocycles. The van der Waals surface area contributed by atoms with Gasteiger partial charge >= 0.3 is 5.97 Å². The molecule has 0 spiro atoms. The molecule has 5 aliphatic rings. The van der Waals surface area contributed by atoms with Crippen LogP contribution in [0.5, 0.6) is 5.75 Å². The molecule has 45 heavy (non-hydrogen) atoms. The summed E-state index contributed by atoms with van der Waals surface area (Å²) in [6.07, 6.45) is 8.08. The summed E-state index contributed by atoms with van der Waals surface area (Å²) in [5.74, 6) is 2.42. The Balaban J connectivity index is 0.986. The van der Waals surface area contributed by atoms with Crippen LogP contribution in [0.2, 0.25) is 0 Å². The average molecular weight is 619 g/mol. The molecule has 1 N–H and O–H groups in total. The van der Waals surface area contributed by atoms with Crippen molar-refractivity contribution in [2.75, 3.05) is 39.8 Å². The second-order valence-electron chi connectivity index (χ2n) is 13.6. The summed E-state index contributed by atoms with van der Waals surface area (Å²) in [5, 5.41) is 14.4. The number of piperazine rings is 1. The molecule has 0 atom stereocenters. The Hall–Kier alpha value is -3.99. The van der Waals surface area contributed by atoms with Gasteiger partial charge in [-0.15, -0.1) is 0 Å². The van der Waals surface area contributed by atoms with E-state index in [0.717, 1.165) is 23.3 Å². The fraction of sp³-hybridized carbons (Fsp3) is 0.559. The first-order valence-electron chi connectivity index (χ1n) is 16.0. The number of nitro benzene ring substituents is 1. The van der Waals surface area contributed by atoms with Crippen LogP contribution in [-0.2, 0) is 27.5 Å². The van der Waals surface area contributed by atoms with E-state index in [-0.39, 0.29) is 36.1 Å². The van der Waals surface area contributed by atoms with Crippen molar-refractivity contribution in [2.24, 2.45) is 23.2 Å². The molecule has 4 saturated carbocycles. The number of ether oxygens (including phenoxy) is 2. The molecule has 1 aliphatic heterocycles. The Morgan fingerprint density at radius 2 is 1.60 bits per heavy atom. The lowest BCUT2D eigenvalue weighted by Gasteiger charge is -2.56. The van der Waals surface area contributed by atoms with Crippen LogP contribution >= 0.6 is 0 Å². The molecule has 0 radical (unpaired) electrons. The van der Waals surface area contributed by atoms with Crippen LogP contribution in [0.15, 0.2) is 42.5 Å². The van der Waals surface area contributed by atoms with Crippen LogP contribution in [-0.4, -0.2) is 72.3 Å². The van der Waals surface area contributed by atoms with Gasteiger partial charge in [0.25, 0.3) is 5.69 Å². The summed E-state index contributed by atoms with van der Waals surface area (Å²) < 4.78 is 10.8. The van der Waals surface area contributed by atoms with E-state index in [0.29, 0.717) is 56.0 Å². The summed E-state index contributed by atoms with van der Waals surface area (Å²) in [4.78, 5) is 52.6. The van der Waals surface area contributed by atoms with Crippen molar-refractivity contribution in [3.63, 3.8) is 0 Å². The molecular formula is C34H42N4O7. The number of nitrogens with zero attached hydrogens (tertiary/aromatic N) is 3. The predicted octanol–water partition coefficient (Wildman–Crippen LogP) is 4.33. The van der Waals surface area contributed by atoms with Gasteiger partial charge in [0, 0.05) is 56.8 Å². The van der Waals surface area contributed by atoms with Crippen LogP contribution in [0.25, 0.3) is 0 Å². The van der Waals surface area contributed by atoms with Gasteiger partial charge in [-0.05, 0) is 85.5 Å². The molecule has 0 unspecified atom stereocenters. The van der Waals surface area contributed by atoms with Gasteiger partial charge in [0.05, 0.1) is 24.1 Å². The number of amides is 2. The van der Waals surface area contributed by atoms with Crippen LogP contribution < -0.4 is 10.1 Å². The van der Waals surface area contributed by atoms with E-state index in [1.807, 2.05) is 0 Å². The summed E-state index contributed by atoms with van der Waals surface area (Å²) in [7, 11) is 1.33. The number of hydrogen-bond acceptors (Lipinski definition) is 8. The number of hydrogen-bond donors (Lipinski definition) is 1. The van der Waals surface area contributed by atoms with E-state index >= 15 is 0 Å². The quantitative estimate of drug-likeness (QED) is 0.224. The maximum absolute atomic E-state index is 13.0. The highest BCUT2D eigenvalue weighted by Gasteiger charge is 2.51. The molecule has 4 bridgehead atoms. The molecule has 11 heteroatoms. The minimum atomic E-state index is -0.424. The maximum atomic E-state index is 13.0. The van der Waals surface area contributed by atoms with E-state index in [4.69, 9.17) is 9.47 Å². The first kappa shape index (κ1) is 31.0. The zero-order chi connectivity index (χ0) is 31.6. The van der Waals surface area contributed by atoms with Gasteiger partial charge in [-0.25, -0.2) is 4.79 Å². The van der Waals surface area contributed by atoms with Gasteiger partial charge in [-0.1, -0.05) is 12.1 Å². The van der Waals surface area contributed by atoms with E-state index in [2.05, 4.69) is 10.2 Å². The number of benzene rings is 2. The molecule has 1 saturated heterocycles. The molecule has 2 aromatic rings. The molecule has 11 nitrogen and oxygen atoms in total. The van der Waals surface area contributed by atoms with E-state index < -0.39 is 10.9 Å². The third-order valence-corrected chi connectivity index (χ3v) is 10.3. The first-order valence-corrected chi connectivity index (χ1v) is 16.0. The molecule has 7 rings (SSSR count). The number of nitrogens with one attached hydrogen (secondary N) is 1. The van der Waals surface area contributed by atoms with E-state index in [1.165, 1.54) is 57.8 Å². The van der Waals surface area contributed by atoms with Crippen molar-refractivity contribution in [1.29, 1.82) is 0 Å². The third-order valence-electron chi connectivity index (χ3n) is 10.3. The van der Waals surface area contributed by atoms with Crippen LogP contribution in [0, 0.1) is 33.3 Å². The highest BCUT2D eigenvalue weighted by molar-refractivity contribution is 5.89. The smallest absolute Gasteiger partial charge is 0.337 e. The van der Waals surface area contributed by atoms with Crippen molar-refractivity contribution in [2.45, 2.75) is 58.1 Å². The van der Waals surface area contributed by atoms with E-state index in [9.17, 15) is 24.5 Å². The van der Waals surface area contributed by atoms with Crippen molar-refractivity contribution < 1.29 is 28.8 Å². The Labute approximate surface area is 263 Å². The fourth-order valence-electron chi connectivity index (χ4n) is 8.55. The second-order valence-corrected chi connectivity index (χ2v) is 13.6. The molecular weight excluding hydrogens is 576 g/mol. The monoisotopic (exact) mass is 618 g/mol. The number of carbonyl (C=O) groups is 3. The Morgan fingerprint density at radius 3 is 2.20 bits per heavy atom. The molecule has 5 fully saturated rings. The Morgan fingerprint density at radius 1 is 0.956 bits per heavy atom. The lowest BCUT2D eigenvalue weighted by Crippen LogP contribution is -2.51. The van der Waals surface area contributed by atoms with Gasteiger partial charge in [0.2, 0.25) is 11.8 Å². The van der Waals surface area contributed by atoms with Crippen molar-refractivity contribution in [3.8, 4) is 5.75 Å². The SMILES string of the molecule is COC(=O)c1ccc(COc2ccc([N+](=O)[O-])cc2CN2CCN(C(=O)CNC(=O)CC34CC5CC(CC(C5)C3)C4)CC2)cc1. The number of rotatable bonds is 11. The molecule has 2 amide bonds. The molecule has 4 aliphatic carbocycles. The highest BCUT2D eigenvalue weighted by atomic mass is 16.6. The topological polar surface area (TPSA) is 131 Å². The standard InChI is InChI=1S/C34H42N4O7/c1-44-33(41)27-4-2-23(3-5-27)22-45-30-7-6-29(38(42)43)15-28(30)21-36-8-10-37(11-9-36)32(40)20-35-31(39)19-34-16-24-12-25(17-34)14-26(13-24)18-34/h2-7,15,24-26H,8-14,16-22H2,1H3,(H,35,39). The van der Waals surface area contributed by atoms with E-state index in [1.54, 1.807) is 35.2 Å². The number of nitro groups is 1. The lowest BCUT2D eigenvalue weighted by molar-refractivity contribution is -0.385.